The summed E-state index contributed by atoms with van der Waals surface area (Å²) in [6.45, 7) is 3.93. The van der Waals surface area contributed by atoms with E-state index in [0.29, 0.717) is 24.6 Å². The Balaban J connectivity index is 1.44. The van der Waals surface area contributed by atoms with E-state index in [2.05, 4.69) is 21.7 Å². The third-order valence-corrected chi connectivity index (χ3v) is 5.22. The number of benzene rings is 1. The molecule has 0 spiro atoms. The molecule has 4 rings (SSSR count). The van der Waals surface area contributed by atoms with Crippen molar-refractivity contribution in [3.8, 4) is 6.07 Å². The molecule has 1 aliphatic carbocycles. The molecule has 9 nitrogen and oxygen atoms in total. The highest BCUT2D eigenvalue weighted by Gasteiger charge is 2.45. The van der Waals surface area contributed by atoms with Gasteiger partial charge in [-0.2, -0.15) is 5.26 Å². The third kappa shape index (κ3) is 3.17. The molecule has 2 aliphatic rings. The summed E-state index contributed by atoms with van der Waals surface area (Å²) >= 11 is 0. The number of carbonyl (C=O) groups excluding carboxylic acids is 2. The molecule has 1 aliphatic heterocycles. The van der Waals surface area contributed by atoms with Gasteiger partial charge in [-0.15, -0.1) is 5.10 Å². The van der Waals surface area contributed by atoms with Crippen LogP contribution < -0.4 is 10.2 Å². The fourth-order valence-electron chi connectivity index (χ4n) is 3.39. The zero-order valence-electron chi connectivity index (χ0n) is 15.7. The lowest BCUT2D eigenvalue weighted by Gasteiger charge is -2.14. The molecule has 1 N–H and O–H groups in total. The fourth-order valence-corrected chi connectivity index (χ4v) is 3.39. The Morgan fingerprint density at radius 2 is 2.11 bits per heavy atom. The molecular weight excluding hydrogens is 360 g/mol. The minimum absolute atomic E-state index is 0.221. The molecule has 2 heterocycles. The highest BCUT2D eigenvalue weighted by molar-refractivity contribution is 5.90. The zero-order valence-corrected chi connectivity index (χ0v) is 15.7. The quantitative estimate of drug-likeness (QED) is 0.850. The average Bonchev–Trinajstić information content (AvgIpc) is 3.30. The third-order valence-electron chi connectivity index (χ3n) is 5.22. The maximum Gasteiger partial charge on any atom is 0.414 e. The van der Waals surface area contributed by atoms with Gasteiger partial charge in [0, 0.05) is 12.6 Å². The molecule has 1 atom stereocenters. The Morgan fingerprint density at radius 1 is 1.39 bits per heavy atom. The van der Waals surface area contributed by atoms with Gasteiger partial charge in [-0.25, -0.2) is 9.48 Å². The lowest BCUT2D eigenvalue weighted by Crippen LogP contribution is -2.26. The summed E-state index contributed by atoms with van der Waals surface area (Å²) in [5.74, 6) is 0.178. The van der Waals surface area contributed by atoms with Crippen LogP contribution in [0.2, 0.25) is 0 Å². The van der Waals surface area contributed by atoms with Crippen LogP contribution in [0.15, 0.2) is 24.3 Å². The van der Waals surface area contributed by atoms with Gasteiger partial charge < -0.3 is 10.1 Å². The number of nitrogens with zero attached hydrogens (tertiary/aromatic N) is 5. The van der Waals surface area contributed by atoms with E-state index in [1.807, 2.05) is 24.3 Å². The number of hydrogen-bond donors (Lipinski definition) is 1. The number of hydrogen-bond acceptors (Lipinski definition) is 6. The average molecular weight is 380 g/mol. The van der Waals surface area contributed by atoms with Crippen molar-refractivity contribution in [3.63, 3.8) is 0 Å². The zero-order chi connectivity index (χ0) is 19.9. The largest absolute Gasteiger partial charge is 0.442 e. The first-order chi connectivity index (χ1) is 13.4. The van der Waals surface area contributed by atoms with Gasteiger partial charge in [0.05, 0.1) is 30.3 Å². The summed E-state index contributed by atoms with van der Waals surface area (Å²) in [4.78, 5) is 25.1. The summed E-state index contributed by atoms with van der Waals surface area (Å²) in [6.07, 6.45) is 0.966. The van der Waals surface area contributed by atoms with Gasteiger partial charge in [0.25, 0.3) is 0 Å². The molecule has 9 heteroatoms. The Kier molecular flexibility index (Phi) is 4.26. The van der Waals surface area contributed by atoms with Crippen LogP contribution in [0.1, 0.15) is 31.0 Å². The first-order valence-electron chi connectivity index (χ1n) is 9.09. The van der Waals surface area contributed by atoms with Crippen LogP contribution in [-0.2, 0) is 21.5 Å². The second-order valence-corrected chi connectivity index (χ2v) is 7.24. The second kappa shape index (κ2) is 6.64. The number of ether oxygens (including phenoxy) is 1. The molecule has 2 aromatic rings. The number of anilines is 2. The normalized spacial score (nSPS) is 19.8. The molecule has 0 unspecified atom stereocenters. The number of amides is 2. The standard InChI is InChI=1S/C19H20N6O3/c1-12-17(21-13(2)26)22-23-25(12)10-16-9-24(18(27)28-16)15-5-3-14(4-6-15)19(11-20)7-8-19/h3-6,16H,7-10H2,1-2H3,(H,21,26)/t16-/m1/s1. The van der Waals surface area contributed by atoms with Crippen molar-refractivity contribution in [1.82, 2.24) is 15.0 Å². The Bertz CT molecular complexity index is 971. The topological polar surface area (TPSA) is 113 Å². The van der Waals surface area contributed by atoms with Crippen LogP contribution in [0.4, 0.5) is 16.3 Å². The highest BCUT2D eigenvalue weighted by Crippen LogP contribution is 2.47. The van der Waals surface area contributed by atoms with Crippen molar-refractivity contribution < 1.29 is 14.3 Å². The van der Waals surface area contributed by atoms with E-state index in [9.17, 15) is 14.9 Å². The smallest absolute Gasteiger partial charge is 0.414 e. The first-order valence-corrected chi connectivity index (χ1v) is 9.09. The molecule has 144 valence electrons. The van der Waals surface area contributed by atoms with Crippen molar-refractivity contribution in [2.24, 2.45) is 0 Å². The van der Waals surface area contributed by atoms with Crippen molar-refractivity contribution in [2.75, 3.05) is 16.8 Å². The summed E-state index contributed by atoms with van der Waals surface area (Å²) in [5.41, 5.74) is 2.08. The number of aromatic nitrogens is 3. The maximum atomic E-state index is 12.3. The van der Waals surface area contributed by atoms with Crippen LogP contribution >= 0.6 is 0 Å². The van der Waals surface area contributed by atoms with E-state index < -0.39 is 6.09 Å². The Morgan fingerprint density at radius 3 is 2.71 bits per heavy atom. The lowest BCUT2D eigenvalue weighted by molar-refractivity contribution is -0.114. The van der Waals surface area contributed by atoms with Crippen LogP contribution in [0, 0.1) is 18.3 Å². The molecule has 0 bridgehead atoms. The minimum Gasteiger partial charge on any atom is -0.442 e. The van der Waals surface area contributed by atoms with E-state index in [4.69, 9.17) is 4.74 Å². The van der Waals surface area contributed by atoms with Crippen LogP contribution in [0.5, 0.6) is 0 Å². The fraction of sp³-hybridized carbons (Fsp3) is 0.421. The van der Waals surface area contributed by atoms with E-state index >= 15 is 0 Å². The van der Waals surface area contributed by atoms with Crippen molar-refractivity contribution in [3.05, 3.63) is 35.5 Å². The van der Waals surface area contributed by atoms with E-state index in [1.54, 1.807) is 16.5 Å². The summed E-state index contributed by atoms with van der Waals surface area (Å²) in [7, 11) is 0. The van der Waals surface area contributed by atoms with Gasteiger partial charge >= 0.3 is 6.09 Å². The predicted molar refractivity (Wildman–Crippen MR) is 99.6 cm³/mol. The van der Waals surface area contributed by atoms with Gasteiger partial charge in [0.2, 0.25) is 5.91 Å². The minimum atomic E-state index is -0.418. The molecule has 0 radical (unpaired) electrons. The van der Waals surface area contributed by atoms with Crippen molar-refractivity contribution >= 4 is 23.5 Å². The SMILES string of the molecule is CC(=O)Nc1nnn(C[C@H]2CN(c3ccc(C4(C#N)CC4)cc3)C(=O)O2)c1C. The van der Waals surface area contributed by atoms with Crippen LogP contribution in [0.3, 0.4) is 0 Å². The highest BCUT2D eigenvalue weighted by atomic mass is 16.6. The number of nitrogens with one attached hydrogen (secondary N) is 1. The van der Waals surface area contributed by atoms with Gasteiger partial charge in [-0.3, -0.25) is 9.69 Å². The number of nitriles is 1. The summed E-state index contributed by atoms with van der Waals surface area (Å²) in [5, 5.41) is 19.9. The second-order valence-electron chi connectivity index (χ2n) is 7.24. The van der Waals surface area contributed by atoms with Gasteiger partial charge in [-0.05, 0) is 37.5 Å². The Labute approximate surface area is 161 Å². The molecule has 28 heavy (non-hydrogen) atoms. The molecule has 1 aromatic heterocycles. The molecule has 1 aromatic carbocycles. The molecule has 2 amide bonds. The molecule has 1 saturated heterocycles. The Hall–Kier alpha value is -3.41. The number of carbonyl (C=O) groups is 2. The van der Waals surface area contributed by atoms with Gasteiger partial charge in [0.1, 0.15) is 6.10 Å². The van der Waals surface area contributed by atoms with Crippen molar-refractivity contribution in [1.29, 1.82) is 5.26 Å². The van der Waals surface area contributed by atoms with Crippen molar-refractivity contribution in [2.45, 2.75) is 44.8 Å². The monoisotopic (exact) mass is 380 g/mol. The van der Waals surface area contributed by atoms with Gasteiger partial charge in [0.15, 0.2) is 5.82 Å². The lowest BCUT2D eigenvalue weighted by atomic mass is 9.97. The van der Waals surface area contributed by atoms with E-state index in [-0.39, 0.29) is 17.4 Å². The molecular formula is C19H20N6O3. The summed E-state index contributed by atoms with van der Waals surface area (Å²) in [6, 6.07) is 9.90. The van der Waals surface area contributed by atoms with E-state index in [1.165, 1.54) is 6.92 Å². The molecule has 1 saturated carbocycles. The van der Waals surface area contributed by atoms with Gasteiger partial charge in [-0.1, -0.05) is 17.3 Å². The predicted octanol–water partition coefficient (Wildman–Crippen LogP) is 2.13. The van der Waals surface area contributed by atoms with E-state index in [0.717, 1.165) is 24.1 Å². The number of cyclic esters (lactones) is 1. The summed E-state index contributed by atoms with van der Waals surface area (Å²) < 4.78 is 7.08. The maximum absolute atomic E-state index is 12.3. The first kappa shape index (κ1) is 18.0. The molecule has 2 fully saturated rings. The van der Waals surface area contributed by atoms with Crippen LogP contribution in [-0.4, -0.2) is 39.6 Å². The van der Waals surface area contributed by atoms with Crippen LogP contribution in [0.25, 0.3) is 0 Å². The number of rotatable bonds is 5.